The maximum absolute atomic E-state index is 13.3. The molecule has 0 radical (unpaired) electrons. The van der Waals surface area contributed by atoms with Gasteiger partial charge in [0.05, 0.1) is 5.02 Å². The molecular weight excluding hydrogens is 366 g/mol. The second-order valence-corrected chi connectivity index (χ2v) is 5.40. The fourth-order valence-electron chi connectivity index (χ4n) is 1.62. The Morgan fingerprint density at radius 2 is 1.94 bits per heavy atom. The topological polar surface area (TPSA) is 17.1 Å². The van der Waals surface area contributed by atoms with E-state index in [4.69, 9.17) is 11.6 Å². The van der Waals surface area contributed by atoms with Crippen molar-refractivity contribution >= 4 is 40.0 Å². The van der Waals surface area contributed by atoms with Crippen LogP contribution in [0.2, 0.25) is 5.02 Å². The lowest BCUT2D eigenvalue weighted by Gasteiger charge is -2.04. The highest BCUT2D eigenvalue weighted by atomic mass is 127. The van der Waals surface area contributed by atoms with Gasteiger partial charge in [-0.15, -0.1) is 0 Å². The summed E-state index contributed by atoms with van der Waals surface area (Å²) < 4.78 is 14.2. The largest absolute Gasteiger partial charge is 0.294 e. The van der Waals surface area contributed by atoms with E-state index in [-0.39, 0.29) is 17.2 Å². The summed E-state index contributed by atoms with van der Waals surface area (Å²) in [5.74, 6) is -0.522. The van der Waals surface area contributed by atoms with Crippen LogP contribution in [-0.2, 0) is 6.42 Å². The van der Waals surface area contributed by atoms with Crippen LogP contribution in [0.15, 0.2) is 42.5 Å². The molecule has 0 spiro atoms. The Bertz CT molecular complexity index is 598. The van der Waals surface area contributed by atoms with E-state index in [0.29, 0.717) is 11.1 Å². The number of carbonyl (C=O) groups excluding carboxylic acids is 1. The van der Waals surface area contributed by atoms with Gasteiger partial charge < -0.3 is 0 Å². The highest BCUT2D eigenvalue weighted by Crippen LogP contribution is 2.18. The average Bonchev–Trinajstić information content (AvgIpc) is 2.34. The maximum Gasteiger partial charge on any atom is 0.168 e. The predicted molar refractivity (Wildman–Crippen MR) is 78.6 cm³/mol. The van der Waals surface area contributed by atoms with Gasteiger partial charge in [-0.3, -0.25) is 4.79 Å². The van der Waals surface area contributed by atoms with E-state index in [0.717, 1.165) is 3.57 Å². The van der Waals surface area contributed by atoms with Crippen LogP contribution in [0.1, 0.15) is 15.9 Å². The zero-order valence-corrected chi connectivity index (χ0v) is 12.2. The lowest BCUT2D eigenvalue weighted by atomic mass is 10.0. The third-order valence-electron chi connectivity index (χ3n) is 2.52. The number of hydrogen-bond acceptors (Lipinski definition) is 1. The highest BCUT2D eigenvalue weighted by Gasteiger charge is 2.11. The molecule has 92 valence electrons. The molecule has 2 aromatic rings. The minimum Gasteiger partial charge on any atom is -0.294 e. The van der Waals surface area contributed by atoms with E-state index < -0.39 is 5.82 Å². The number of hydrogen-bond donors (Lipinski definition) is 0. The molecule has 0 fully saturated rings. The molecule has 0 amide bonds. The summed E-state index contributed by atoms with van der Waals surface area (Å²) in [7, 11) is 0. The summed E-state index contributed by atoms with van der Waals surface area (Å²) >= 11 is 7.71. The molecule has 0 aliphatic carbocycles. The van der Waals surface area contributed by atoms with E-state index in [9.17, 15) is 9.18 Å². The average molecular weight is 375 g/mol. The number of benzene rings is 2. The molecule has 0 aliphatic heterocycles. The molecule has 0 N–H and O–H groups in total. The van der Waals surface area contributed by atoms with Crippen molar-refractivity contribution < 1.29 is 9.18 Å². The second kappa shape index (κ2) is 5.80. The smallest absolute Gasteiger partial charge is 0.168 e. The SMILES string of the molecule is O=C(Cc1ccc(Cl)c(F)c1)c1ccccc1I. The lowest BCUT2D eigenvalue weighted by molar-refractivity contribution is 0.0992. The van der Waals surface area contributed by atoms with Crippen LogP contribution in [0.25, 0.3) is 0 Å². The molecule has 0 aliphatic rings. The summed E-state index contributed by atoms with van der Waals surface area (Å²) in [6, 6.07) is 11.8. The van der Waals surface area contributed by atoms with Crippen LogP contribution in [-0.4, -0.2) is 5.78 Å². The minimum absolute atomic E-state index is 0.0262. The monoisotopic (exact) mass is 374 g/mol. The van der Waals surface area contributed by atoms with Gasteiger partial charge in [-0.25, -0.2) is 4.39 Å². The van der Waals surface area contributed by atoms with Crippen LogP contribution < -0.4 is 0 Å². The van der Waals surface area contributed by atoms with Gasteiger partial charge >= 0.3 is 0 Å². The Morgan fingerprint density at radius 1 is 1.22 bits per heavy atom. The van der Waals surface area contributed by atoms with Gasteiger partial charge in [0, 0.05) is 15.6 Å². The Kier molecular flexibility index (Phi) is 4.35. The molecule has 0 aromatic heterocycles. The Balaban J connectivity index is 2.22. The molecule has 0 heterocycles. The number of carbonyl (C=O) groups is 1. The Hall–Kier alpha value is -0.940. The fourth-order valence-corrected chi connectivity index (χ4v) is 2.42. The predicted octanol–water partition coefficient (Wildman–Crippen LogP) is 4.51. The first-order valence-corrected chi connectivity index (χ1v) is 6.75. The first-order valence-electron chi connectivity index (χ1n) is 5.29. The molecule has 1 nitrogen and oxygen atoms in total. The van der Waals surface area contributed by atoms with Gasteiger partial charge in [0.1, 0.15) is 5.82 Å². The van der Waals surface area contributed by atoms with Crippen LogP contribution in [0.3, 0.4) is 0 Å². The fraction of sp³-hybridized carbons (Fsp3) is 0.0714. The molecule has 0 bridgehead atoms. The van der Waals surface area contributed by atoms with Crippen molar-refractivity contribution in [2.75, 3.05) is 0 Å². The third-order valence-corrected chi connectivity index (χ3v) is 3.77. The number of ketones is 1. The quantitative estimate of drug-likeness (QED) is 0.571. The van der Waals surface area contributed by atoms with Crippen LogP contribution >= 0.6 is 34.2 Å². The van der Waals surface area contributed by atoms with Crippen molar-refractivity contribution in [2.45, 2.75) is 6.42 Å². The lowest BCUT2D eigenvalue weighted by Crippen LogP contribution is -2.05. The zero-order chi connectivity index (χ0) is 13.1. The van der Waals surface area contributed by atoms with E-state index in [2.05, 4.69) is 22.6 Å². The van der Waals surface area contributed by atoms with Gasteiger partial charge in [0.25, 0.3) is 0 Å². The summed E-state index contributed by atoms with van der Waals surface area (Å²) in [5.41, 5.74) is 1.29. The third kappa shape index (κ3) is 3.09. The molecule has 2 aromatic carbocycles. The summed E-state index contributed by atoms with van der Waals surface area (Å²) in [4.78, 5) is 12.1. The van der Waals surface area contributed by atoms with E-state index in [1.54, 1.807) is 12.1 Å². The number of Topliss-reactive ketones (excluding diaryl/α,β-unsaturated/α-hetero) is 1. The number of rotatable bonds is 3. The molecule has 18 heavy (non-hydrogen) atoms. The van der Waals surface area contributed by atoms with Gasteiger partial charge in [0.2, 0.25) is 0 Å². The van der Waals surface area contributed by atoms with Crippen molar-refractivity contribution in [1.29, 1.82) is 0 Å². The molecule has 0 saturated carbocycles. The first-order chi connectivity index (χ1) is 8.58. The van der Waals surface area contributed by atoms with E-state index in [1.807, 2.05) is 18.2 Å². The van der Waals surface area contributed by atoms with Gasteiger partial charge in [-0.2, -0.15) is 0 Å². The van der Waals surface area contributed by atoms with Crippen molar-refractivity contribution in [3.63, 3.8) is 0 Å². The minimum atomic E-state index is -0.496. The van der Waals surface area contributed by atoms with Crippen molar-refractivity contribution in [3.05, 3.63) is 68.0 Å². The van der Waals surface area contributed by atoms with Crippen LogP contribution in [0.4, 0.5) is 4.39 Å². The van der Waals surface area contributed by atoms with Gasteiger partial charge in [-0.05, 0) is 46.4 Å². The zero-order valence-electron chi connectivity index (χ0n) is 9.29. The van der Waals surface area contributed by atoms with Crippen LogP contribution in [0, 0.1) is 9.39 Å². The van der Waals surface area contributed by atoms with Crippen LogP contribution in [0.5, 0.6) is 0 Å². The molecule has 2 rings (SSSR count). The van der Waals surface area contributed by atoms with Crippen molar-refractivity contribution in [3.8, 4) is 0 Å². The number of halogens is 3. The summed E-state index contributed by atoms with van der Waals surface area (Å²) in [6.07, 6.45) is 0.175. The van der Waals surface area contributed by atoms with E-state index >= 15 is 0 Å². The second-order valence-electron chi connectivity index (χ2n) is 3.83. The molecular formula is C14H9ClFIO. The maximum atomic E-state index is 13.3. The van der Waals surface area contributed by atoms with Crippen molar-refractivity contribution in [1.82, 2.24) is 0 Å². The van der Waals surface area contributed by atoms with Crippen molar-refractivity contribution in [2.24, 2.45) is 0 Å². The molecule has 4 heteroatoms. The Labute approximate surface area is 123 Å². The Morgan fingerprint density at radius 3 is 2.61 bits per heavy atom. The summed E-state index contributed by atoms with van der Waals surface area (Å²) in [5, 5.41) is 0.0699. The summed E-state index contributed by atoms with van der Waals surface area (Å²) in [6.45, 7) is 0. The molecule has 0 atom stereocenters. The van der Waals surface area contributed by atoms with Gasteiger partial charge in [0.15, 0.2) is 5.78 Å². The van der Waals surface area contributed by atoms with Gasteiger partial charge in [-0.1, -0.05) is 35.9 Å². The molecule has 0 unspecified atom stereocenters. The highest BCUT2D eigenvalue weighted by molar-refractivity contribution is 14.1. The normalized spacial score (nSPS) is 10.4. The standard InChI is InChI=1S/C14H9ClFIO/c15-11-6-5-9(7-12(11)16)8-14(18)10-3-1-2-4-13(10)17/h1-7H,8H2. The molecule has 0 saturated heterocycles. The first kappa shape index (κ1) is 13.5. The van der Waals surface area contributed by atoms with E-state index in [1.165, 1.54) is 12.1 Å².